The molecule has 1 heteroatoms. The first-order chi connectivity index (χ1) is 5.93. The maximum atomic E-state index is 5.58. The van der Waals surface area contributed by atoms with E-state index in [-0.39, 0.29) is 0 Å². The first kappa shape index (κ1) is 9.85. The Hall–Kier alpha value is -0.230. The van der Waals surface area contributed by atoms with Crippen molar-refractivity contribution in [1.82, 2.24) is 0 Å². The number of halogens is 1. The number of rotatable bonds is 3. The van der Waals surface area contributed by atoms with E-state index in [1.165, 1.54) is 37.7 Å². The maximum Gasteiger partial charge on any atom is 0.0258 e. The standard InChI is InChI=1S/C11H17Cl/c12-10-6-5-9-11-7-3-1-2-4-8-11/h5,7,9H,1-4,6,8,10H2/b9-5+. The molecule has 0 aromatic heterocycles. The van der Waals surface area contributed by atoms with Crippen LogP contribution in [0.5, 0.6) is 0 Å². The van der Waals surface area contributed by atoms with Gasteiger partial charge in [0, 0.05) is 5.88 Å². The highest BCUT2D eigenvalue weighted by Gasteiger charge is 1.98. The summed E-state index contributed by atoms with van der Waals surface area (Å²) in [6.07, 6.45) is 14.4. The van der Waals surface area contributed by atoms with E-state index in [1.807, 2.05) is 0 Å². The lowest BCUT2D eigenvalue weighted by molar-refractivity contribution is 0.713. The van der Waals surface area contributed by atoms with Crippen molar-refractivity contribution in [3.05, 3.63) is 23.8 Å². The van der Waals surface area contributed by atoms with Crippen LogP contribution < -0.4 is 0 Å². The van der Waals surface area contributed by atoms with Crippen molar-refractivity contribution < 1.29 is 0 Å². The minimum absolute atomic E-state index is 0.740. The lowest BCUT2D eigenvalue weighted by Gasteiger charge is -1.96. The molecule has 0 aromatic carbocycles. The smallest absolute Gasteiger partial charge is 0.0258 e. The molecule has 12 heavy (non-hydrogen) atoms. The number of hydrogen-bond acceptors (Lipinski definition) is 0. The predicted molar refractivity (Wildman–Crippen MR) is 55.6 cm³/mol. The lowest BCUT2D eigenvalue weighted by Crippen LogP contribution is -1.76. The van der Waals surface area contributed by atoms with E-state index in [2.05, 4.69) is 18.2 Å². The van der Waals surface area contributed by atoms with Gasteiger partial charge in [-0.3, -0.25) is 0 Å². The second-order valence-electron chi connectivity index (χ2n) is 3.26. The topological polar surface area (TPSA) is 0 Å². The monoisotopic (exact) mass is 184 g/mol. The van der Waals surface area contributed by atoms with Gasteiger partial charge >= 0.3 is 0 Å². The summed E-state index contributed by atoms with van der Waals surface area (Å²) in [5, 5.41) is 0. The van der Waals surface area contributed by atoms with Gasteiger partial charge in [0.1, 0.15) is 0 Å². The molecule has 0 unspecified atom stereocenters. The molecule has 0 bridgehead atoms. The third-order valence-corrected chi connectivity index (χ3v) is 2.40. The third-order valence-electron chi connectivity index (χ3n) is 2.18. The van der Waals surface area contributed by atoms with Gasteiger partial charge in [-0.25, -0.2) is 0 Å². The first-order valence-corrected chi connectivity index (χ1v) is 5.38. The molecule has 0 heterocycles. The molecule has 0 radical (unpaired) electrons. The molecule has 0 aliphatic heterocycles. The van der Waals surface area contributed by atoms with Crippen LogP contribution in [0.15, 0.2) is 23.8 Å². The molecule has 1 aliphatic rings. The molecule has 0 atom stereocenters. The Morgan fingerprint density at radius 2 is 2.25 bits per heavy atom. The Morgan fingerprint density at radius 1 is 1.33 bits per heavy atom. The molecule has 0 nitrogen and oxygen atoms in total. The fourth-order valence-corrected chi connectivity index (χ4v) is 1.61. The Labute approximate surface area is 80.3 Å². The average Bonchev–Trinajstić information content (AvgIpc) is 2.33. The van der Waals surface area contributed by atoms with E-state index < -0.39 is 0 Å². The molecule has 0 fully saturated rings. The fraction of sp³-hybridized carbons (Fsp3) is 0.636. The Balaban J connectivity index is 2.33. The zero-order valence-corrected chi connectivity index (χ0v) is 8.32. The number of alkyl halides is 1. The molecule has 0 spiro atoms. The van der Waals surface area contributed by atoms with Gasteiger partial charge in [-0.2, -0.15) is 0 Å². The van der Waals surface area contributed by atoms with E-state index in [0.717, 1.165) is 12.3 Å². The Morgan fingerprint density at radius 3 is 3.08 bits per heavy atom. The summed E-state index contributed by atoms with van der Waals surface area (Å²) in [5.74, 6) is 0.740. The van der Waals surface area contributed by atoms with E-state index in [9.17, 15) is 0 Å². The first-order valence-electron chi connectivity index (χ1n) is 4.85. The van der Waals surface area contributed by atoms with E-state index in [4.69, 9.17) is 11.6 Å². The summed E-state index contributed by atoms with van der Waals surface area (Å²) in [7, 11) is 0. The quantitative estimate of drug-likeness (QED) is 0.581. The highest BCUT2D eigenvalue weighted by atomic mass is 35.5. The van der Waals surface area contributed by atoms with Crippen molar-refractivity contribution in [3.8, 4) is 0 Å². The van der Waals surface area contributed by atoms with E-state index in [1.54, 1.807) is 0 Å². The van der Waals surface area contributed by atoms with Crippen molar-refractivity contribution in [2.75, 3.05) is 5.88 Å². The van der Waals surface area contributed by atoms with Crippen molar-refractivity contribution in [1.29, 1.82) is 0 Å². The van der Waals surface area contributed by atoms with Gasteiger partial charge in [-0.05, 0) is 32.1 Å². The van der Waals surface area contributed by atoms with Gasteiger partial charge < -0.3 is 0 Å². The molecular weight excluding hydrogens is 168 g/mol. The molecule has 68 valence electrons. The molecule has 0 saturated heterocycles. The number of hydrogen-bond donors (Lipinski definition) is 0. The molecule has 0 amide bonds. The highest BCUT2D eigenvalue weighted by Crippen LogP contribution is 2.17. The number of allylic oxidation sites excluding steroid dienone is 4. The van der Waals surface area contributed by atoms with Crippen molar-refractivity contribution in [2.45, 2.75) is 38.5 Å². The van der Waals surface area contributed by atoms with Crippen molar-refractivity contribution >= 4 is 11.6 Å². The van der Waals surface area contributed by atoms with E-state index in [0.29, 0.717) is 0 Å². The molecule has 1 rings (SSSR count). The van der Waals surface area contributed by atoms with Crippen molar-refractivity contribution in [2.24, 2.45) is 0 Å². The molecule has 0 saturated carbocycles. The highest BCUT2D eigenvalue weighted by molar-refractivity contribution is 6.17. The minimum atomic E-state index is 0.740. The Bertz CT molecular complexity index is 168. The SMILES string of the molecule is ClCC/C=C/C1=CCCCCC1. The predicted octanol–water partition coefficient (Wildman–Crippen LogP) is 4.06. The zero-order chi connectivity index (χ0) is 8.65. The summed E-state index contributed by atoms with van der Waals surface area (Å²) < 4.78 is 0. The van der Waals surface area contributed by atoms with Crippen LogP contribution in [0.1, 0.15) is 38.5 Å². The van der Waals surface area contributed by atoms with Crippen molar-refractivity contribution in [3.63, 3.8) is 0 Å². The molecule has 0 N–H and O–H groups in total. The van der Waals surface area contributed by atoms with Crippen LogP contribution in [0.25, 0.3) is 0 Å². The maximum absolute atomic E-state index is 5.58. The Kier molecular flexibility index (Phi) is 5.18. The molecule has 1 aliphatic carbocycles. The average molecular weight is 185 g/mol. The van der Waals surface area contributed by atoms with Crippen LogP contribution >= 0.6 is 11.6 Å². The molecular formula is C11H17Cl. The summed E-state index contributed by atoms with van der Waals surface area (Å²) in [4.78, 5) is 0. The summed E-state index contributed by atoms with van der Waals surface area (Å²) in [6.45, 7) is 0. The van der Waals surface area contributed by atoms with E-state index >= 15 is 0 Å². The van der Waals surface area contributed by atoms with Gasteiger partial charge in [-0.1, -0.05) is 30.2 Å². The second-order valence-corrected chi connectivity index (χ2v) is 3.64. The van der Waals surface area contributed by atoms with Crippen LogP contribution in [-0.2, 0) is 0 Å². The second kappa shape index (κ2) is 6.30. The van der Waals surface area contributed by atoms with Gasteiger partial charge in [0.25, 0.3) is 0 Å². The van der Waals surface area contributed by atoms with Gasteiger partial charge in [0.2, 0.25) is 0 Å². The lowest BCUT2D eigenvalue weighted by atomic mass is 10.1. The fourth-order valence-electron chi connectivity index (χ4n) is 1.49. The van der Waals surface area contributed by atoms with Gasteiger partial charge in [0.05, 0.1) is 0 Å². The van der Waals surface area contributed by atoms with Crippen LogP contribution in [0.4, 0.5) is 0 Å². The summed E-state index contributed by atoms with van der Waals surface area (Å²) in [5.41, 5.74) is 1.51. The normalized spacial score (nSPS) is 19.2. The summed E-state index contributed by atoms with van der Waals surface area (Å²) in [6, 6.07) is 0. The van der Waals surface area contributed by atoms with Crippen LogP contribution in [0.2, 0.25) is 0 Å². The van der Waals surface area contributed by atoms with Crippen LogP contribution in [-0.4, -0.2) is 5.88 Å². The summed E-state index contributed by atoms with van der Waals surface area (Å²) >= 11 is 5.58. The third kappa shape index (κ3) is 3.96. The van der Waals surface area contributed by atoms with Crippen LogP contribution in [0.3, 0.4) is 0 Å². The van der Waals surface area contributed by atoms with Gasteiger partial charge in [-0.15, -0.1) is 11.6 Å². The zero-order valence-electron chi connectivity index (χ0n) is 7.56. The van der Waals surface area contributed by atoms with Gasteiger partial charge in [0.15, 0.2) is 0 Å². The minimum Gasteiger partial charge on any atom is -0.126 e. The molecule has 0 aromatic rings. The van der Waals surface area contributed by atoms with Crippen LogP contribution in [0, 0.1) is 0 Å². The largest absolute Gasteiger partial charge is 0.126 e.